The Bertz CT molecular complexity index is 1030. The SMILES string of the molecule is Cc1cc(C(=O)Nc2ccccc2)ccc1C(=N)c1c(N)ncc(C)c1N. The second-order valence-electron chi connectivity index (χ2n) is 6.34. The summed E-state index contributed by atoms with van der Waals surface area (Å²) in [5, 5.41) is 11.4. The van der Waals surface area contributed by atoms with Crippen LogP contribution in [-0.4, -0.2) is 16.6 Å². The number of aromatic nitrogens is 1. The molecule has 0 bridgehead atoms. The fraction of sp³-hybridized carbons (Fsp3) is 0.0952. The first kappa shape index (κ1) is 18.1. The Hall–Kier alpha value is -3.67. The van der Waals surface area contributed by atoms with Crippen LogP contribution in [0.3, 0.4) is 0 Å². The van der Waals surface area contributed by atoms with E-state index in [1.807, 2.05) is 44.2 Å². The van der Waals surface area contributed by atoms with E-state index in [9.17, 15) is 4.79 Å². The van der Waals surface area contributed by atoms with Crippen LogP contribution >= 0.6 is 0 Å². The number of nitrogens with one attached hydrogen (secondary N) is 2. The number of aryl methyl sites for hydroxylation is 2. The quantitative estimate of drug-likeness (QED) is 0.533. The fourth-order valence-corrected chi connectivity index (χ4v) is 2.84. The number of rotatable bonds is 4. The van der Waals surface area contributed by atoms with Crippen molar-refractivity contribution in [1.82, 2.24) is 4.98 Å². The van der Waals surface area contributed by atoms with E-state index < -0.39 is 0 Å². The molecule has 3 rings (SSSR count). The molecule has 0 aliphatic rings. The van der Waals surface area contributed by atoms with Crippen LogP contribution in [0, 0.1) is 19.3 Å². The Morgan fingerprint density at radius 3 is 2.41 bits per heavy atom. The molecule has 136 valence electrons. The molecule has 0 atom stereocenters. The van der Waals surface area contributed by atoms with Crippen molar-refractivity contribution >= 4 is 28.8 Å². The van der Waals surface area contributed by atoms with E-state index >= 15 is 0 Å². The number of amides is 1. The maximum Gasteiger partial charge on any atom is 0.255 e. The lowest BCUT2D eigenvalue weighted by molar-refractivity contribution is 0.102. The minimum absolute atomic E-state index is 0.189. The summed E-state index contributed by atoms with van der Waals surface area (Å²) >= 11 is 0. The summed E-state index contributed by atoms with van der Waals surface area (Å²) in [7, 11) is 0. The molecule has 0 spiro atoms. The molecule has 27 heavy (non-hydrogen) atoms. The summed E-state index contributed by atoms with van der Waals surface area (Å²) in [6.07, 6.45) is 1.59. The third-order valence-electron chi connectivity index (χ3n) is 4.39. The molecule has 0 saturated carbocycles. The van der Waals surface area contributed by atoms with E-state index in [0.29, 0.717) is 22.4 Å². The smallest absolute Gasteiger partial charge is 0.255 e. The third kappa shape index (κ3) is 3.64. The van der Waals surface area contributed by atoms with Crippen LogP contribution in [-0.2, 0) is 0 Å². The predicted octanol–water partition coefficient (Wildman–Crippen LogP) is 3.53. The molecule has 1 amide bonds. The first-order valence-corrected chi connectivity index (χ1v) is 8.45. The maximum atomic E-state index is 12.5. The van der Waals surface area contributed by atoms with Crippen molar-refractivity contribution in [3.8, 4) is 0 Å². The zero-order valence-electron chi connectivity index (χ0n) is 15.2. The Morgan fingerprint density at radius 2 is 1.74 bits per heavy atom. The monoisotopic (exact) mass is 359 g/mol. The number of nitrogens with two attached hydrogens (primary N) is 2. The molecule has 0 aliphatic heterocycles. The normalized spacial score (nSPS) is 10.4. The van der Waals surface area contributed by atoms with E-state index in [1.165, 1.54) is 0 Å². The van der Waals surface area contributed by atoms with Crippen molar-refractivity contribution < 1.29 is 4.79 Å². The van der Waals surface area contributed by atoms with Crippen LogP contribution in [0.15, 0.2) is 54.7 Å². The first-order valence-electron chi connectivity index (χ1n) is 8.45. The fourth-order valence-electron chi connectivity index (χ4n) is 2.84. The topological polar surface area (TPSA) is 118 Å². The molecule has 6 N–H and O–H groups in total. The maximum absolute atomic E-state index is 12.5. The van der Waals surface area contributed by atoms with Gasteiger partial charge in [-0.1, -0.05) is 24.3 Å². The van der Waals surface area contributed by atoms with E-state index in [-0.39, 0.29) is 17.4 Å². The number of nitrogens with zero attached hydrogens (tertiary/aromatic N) is 1. The van der Waals surface area contributed by atoms with E-state index in [1.54, 1.807) is 24.4 Å². The zero-order chi connectivity index (χ0) is 19.6. The minimum Gasteiger partial charge on any atom is -0.398 e. The second-order valence-corrected chi connectivity index (χ2v) is 6.34. The molecular weight excluding hydrogens is 338 g/mol. The van der Waals surface area contributed by atoms with Gasteiger partial charge in [0.2, 0.25) is 0 Å². The molecule has 3 aromatic rings. The lowest BCUT2D eigenvalue weighted by Gasteiger charge is -2.14. The van der Waals surface area contributed by atoms with Crippen LogP contribution in [0.5, 0.6) is 0 Å². The highest BCUT2D eigenvalue weighted by Crippen LogP contribution is 2.26. The van der Waals surface area contributed by atoms with Gasteiger partial charge in [0.05, 0.1) is 11.3 Å². The van der Waals surface area contributed by atoms with Gasteiger partial charge in [0.25, 0.3) is 5.91 Å². The van der Waals surface area contributed by atoms with Crippen molar-refractivity contribution in [2.24, 2.45) is 0 Å². The number of anilines is 3. The van der Waals surface area contributed by atoms with Gasteiger partial charge in [-0.05, 0) is 49.2 Å². The average Bonchev–Trinajstić information content (AvgIpc) is 2.65. The number of carbonyl (C=O) groups excluding carboxylic acids is 1. The summed E-state index contributed by atoms with van der Waals surface area (Å²) < 4.78 is 0. The van der Waals surface area contributed by atoms with Gasteiger partial charge in [0.15, 0.2) is 0 Å². The van der Waals surface area contributed by atoms with Crippen LogP contribution in [0.4, 0.5) is 17.2 Å². The summed E-state index contributed by atoms with van der Waals surface area (Å²) in [6, 6.07) is 14.4. The molecule has 0 fully saturated rings. The molecule has 1 heterocycles. The standard InChI is InChI=1S/C21H21N5O/c1-12-10-14(21(27)26-15-6-4-3-5-7-15)8-9-16(12)19(23)17-18(22)13(2)11-25-20(17)24/h3-11,23H,1-2H3,(H,26,27)(H4,22,24,25). The lowest BCUT2D eigenvalue weighted by Crippen LogP contribution is -2.15. The predicted molar refractivity (Wildman–Crippen MR) is 109 cm³/mol. The summed E-state index contributed by atoms with van der Waals surface area (Å²) in [4.78, 5) is 16.6. The lowest BCUT2D eigenvalue weighted by atomic mass is 9.95. The van der Waals surface area contributed by atoms with Crippen LogP contribution < -0.4 is 16.8 Å². The summed E-state index contributed by atoms with van der Waals surface area (Å²) in [5.74, 6) is 0.00651. The van der Waals surface area contributed by atoms with Gasteiger partial charge in [-0.3, -0.25) is 10.2 Å². The van der Waals surface area contributed by atoms with Gasteiger partial charge in [0, 0.05) is 28.7 Å². The molecule has 0 unspecified atom stereocenters. The zero-order valence-corrected chi connectivity index (χ0v) is 15.2. The molecule has 1 aromatic heterocycles. The number of para-hydroxylation sites is 1. The molecule has 6 nitrogen and oxygen atoms in total. The van der Waals surface area contributed by atoms with E-state index in [2.05, 4.69) is 10.3 Å². The van der Waals surface area contributed by atoms with Crippen LogP contribution in [0.2, 0.25) is 0 Å². The average molecular weight is 359 g/mol. The van der Waals surface area contributed by atoms with Crippen LogP contribution in [0.25, 0.3) is 0 Å². The van der Waals surface area contributed by atoms with Crippen molar-refractivity contribution in [2.45, 2.75) is 13.8 Å². The van der Waals surface area contributed by atoms with Crippen LogP contribution in [0.1, 0.15) is 32.6 Å². The third-order valence-corrected chi connectivity index (χ3v) is 4.39. The molecule has 0 saturated heterocycles. The number of pyridine rings is 1. The Morgan fingerprint density at radius 1 is 1.04 bits per heavy atom. The minimum atomic E-state index is -0.210. The first-order chi connectivity index (χ1) is 12.9. The molecule has 6 heteroatoms. The van der Waals surface area contributed by atoms with Crippen molar-refractivity contribution in [3.05, 3.63) is 82.5 Å². The van der Waals surface area contributed by atoms with Gasteiger partial charge >= 0.3 is 0 Å². The van der Waals surface area contributed by atoms with Crippen molar-refractivity contribution in [2.75, 3.05) is 16.8 Å². The van der Waals surface area contributed by atoms with Gasteiger partial charge in [-0.25, -0.2) is 4.98 Å². The highest BCUT2D eigenvalue weighted by Gasteiger charge is 2.17. The largest absolute Gasteiger partial charge is 0.398 e. The number of hydrogen-bond acceptors (Lipinski definition) is 5. The van der Waals surface area contributed by atoms with Gasteiger partial charge in [0.1, 0.15) is 5.82 Å². The second kappa shape index (κ2) is 7.29. The van der Waals surface area contributed by atoms with Gasteiger partial charge in [-0.15, -0.1) is 0 Å². The number of hydrogen-bond donors (Lipinski definition) is 4. The molecule has 2 aromatic carbocycles. The number of nitrogen functional groups attached to an aromatic ring is 2. The Kier molecular flexibility index (Phi) is 4.90. The molecular formula is C21H21N5O. The molecule has 0 radical (unpaired) electrons. The number of carbonyl (C=O) groups is 1. The van der Waals surface area contributed by atoms with Gasteiger partial charge < -0.3 is 16.8 Å². The van der Waals surface area contributed by atoms with Gasteiger partial charge in [-0.2, -0.15) is 0 Å². The highest BCUT2D eigenvalue weighted by atomic mass is 16.1. The van der Waals surface area contributed by atoms with Crippen molar-refractivity contribution in [3.63, 3.8) is 0 Å². The molecule has 0 aliphatic carbocycles. The Labute approximate surface area is 157 Å². The van der Waals surface area contributed by atoms with Crippen molar-refractivity contribution in [1.29, 1.82) is 5.41 Å². The summed E-state index contributed by atoms with van der Waals surface area (Å²) in [5.41, 5.74) is 16.5. The van der Waals surface area contributed by atoms with E-state index in [0.717, 1.165) is 16.8 Å². The summed E-state index contributed by atoms with van der Waals surface area (Å²) in [6.45, 7) is 3.67. The Balaban J connectivity index is 1.90. The number of benzene rings is 2. The van der Waals surface area contributed by atoms with E-state index in [4.69, 9.17) is 16.9 Å². The highest BCUT2D eigenvalue weighted by molar-refractivity contribution is 6.17.